The summed E-state index contributed by atoms with van der Waals surface area (Å²) in [7, 11) is 3.96. The number of halogens is 3. The molecule has 37 heavy (non-hydrogen) atoms. The lowest BCUT2D eigenvalue weighted by Gasteiger charge is -2.17. The highest BCUT2D eigenvalue weighted by atomic mass is 79.9. The molecule has 1 heterocycles. The van der Waals surface area contributed by atoms with Crippen LogP contribution >= 0.6 is 47.8 Å². The predicted molar refractivity (Wildman–Crippen MR) is 162 cm³/mol. The van der Waals surface area contributed by atoms with E-state index < -0.39 is 0 Å². The molecule has 0 aliphatic heterocycles. The Morgan fingerprint density at radius 1 is 1.05 bits per heavy atom. The fourth-order valence-corrected chi connectivity index (χ4v) is 5.25. The van der Waals surface area contributed by atoms with Crippen LogP contribution in [0.5, 0.6) is 5.75 Å². The van der Waals surface area contributed by atoms with Crippen LogP contribution in [0.4, 0.5) is 5.69 Å². The van der Waals surface area contributed by atoms with Gasteiger partial charge in [0.15, 0.2) is 0 Å². The molecule has 3 aromatic carbocycles. The van der Waals surface area contributed by atoms with Gasteiger partial charge in [-0.3, -0.25) is 4.79 Å². The van der Waals surface area contributed by atoms with Crippen LogP contribution < -0.4 is 15.2 Å². The molecule has 0 aliphatic carbocycles. The fourth-order valence-electron chi connectivity index (χ4n) is 3.73. The Hall–Kier alpha value is -2.49. The van der Waals surface area contributed by atoms with E-state index in [1.165, 1.54) is 4.68 Å². The third-order valence-corrected chi connectivity index (χ3v) is 7.84. The monoisotopic (exact) mass is 688 g/mol. The van der Waals surface area contributed by atoms with Crippen LogP contribution in [0.1, 0.15) is 43.1 Å². The minimum absolute atomic E-state index is 0.0551. The van der Waals surface area contributed by atoms with Gasteiger partial charge in [-0.05, 0) is 48.9 Å². The number of aromatic nitrogens is 2. The number of ether oxygens (including phenoxy) is 1. The molecule has 9 heteroatoms. The predicted octanol–water partition coefficient (Wildman–Crippen LogP) is 7.72. The molecule has 4 rings (SSSR count). The van der Waals surface area contributed by atoms with Gasteiger partial charge >= 0.3 is 0 Å². The largest absolute Gasteiger partial charge is 0.488 e. The molecular formula is C28H27Br3N4O2. The second-order valence-corrected chi connectivity index (χ2v) is 11.6. The molecule has 0 unspecified atom stereocenters. The van der Waals surface area contributed by atoms with E-state index in [0.29, 0.717) is 29.1 Å². The number of nitrogens with zero attached hydrogens (tertiary/aromatic N) is 4. The van der Waals surface area contributed by atoms with Gasteiger partial charge in [-0.1, -0.05) is 67.7 Å². The van der Waals surface area contributed by atoms with E-state index in [9.17, 15) is 4.79 Å². The second kappa shape index (κ2) is 11.9. The summed E-state index contributed by atoms with van der Waals surface area (Å²) in [4.78, 5) is 20.3. The number of hydrogen-bond acceptors (Lipinski definition) is 5. The lowest BCUT2D eigenvalue weighted by Crippen LogP contribution is -2.23. The average Bonchev–Trinajstić information content (AvgIpc) is 2.87. The Morgan fingerprint density at radius 3 is 2.49 bits per heavy atom. The summed E-state index contributed by atoms with van der Waals surface area (Å²) < 4.78 is 10.4. The molecule has 1 aromatic heterocycles. The molecule has 0 fully saturated rings. The van der Waals surface area contributed by atoms with Gasteiger partial charge in [0.1, 0.15) is 18.2 Å². The van der Waals surface area contributed by atoms with E-state index in [2.05, 4.69) is 66.7 Å². The summed E-state index contributed by atoms with van der Waals surface area (Å²) in [5.74, 6) is 1.35. The molecule has 1 atom stereocenters. The van der Waals surface area contributed by atoms with Gasteiger partial charge in [0.05, 0.1) is 17.1 Å². The minimum atomic E-state index is -0.205. The zero-order chi connectivity index (χ0) is 26.7. The molecule has 0 saturated carbocycles. The Balaban J connectivity index is 1.77. The zero-order valence-electron chi connectivity index (χ0n) is 21.0. The van der Waals surface area contributed by atoms with Gasteiger partial charge in [0, 0.05) is 56.3 Å². The number of fused-ring (bicyclic) bond motifs is 1. The molecule has 0 amide bonds. The molecule has 0 bridgehead atoms. The van der Waals surface area contributed by atoms with Crippen molar-refractivity contribution in [1.29, 1.82) is 0 Å². The zero-order valence-corrected chi connectivity index (χ0v) is 25.8. The van der Waals surface area contributed by atoms with Gasteiger partial charge in [0.25, 0.3) is 5.56 Å². The van der Waals surface area contributed by atoms with E-state index in [-0.39, 0.29) is 11.5 Å². The highest BCUT2D eigenvalue weighted by Gasteiger charge is 2.16. The summed E-state index contributed by atoms with van der Waals surface area (Å²) in [5.41, 5.74) is 3.23. The number of anilines is 1. The van der Waals surface area contributed by atoms with Crippen molar-refractivity contribution in [2.45, 2.75) is 32.8 Å². The first-order valence-corrected chi connectivity index (χ1v) is 14.2. The molecule has 6 nitrogen and oxygen atoms in total. The number of benzene rings is 3. The molecule has 0 radical (unpaired) electrons. The average molecular weight is 691 g/mol. The smallest absolute Gasteiger partial charge is 0.282 e. The third kappa shape index (κ3) is 6.33. The highest BCUT2D eigenvalue weighted by molar-refractivity contribution is 9.11. The van der Waals surface area contributed by atoms with Crippen molar-refractivity contribution in [2.75, 3.05) is 19.0 Å². The SMILES string of the molecule is CC[C@H](C)c1nc2ccc(Br)cc2c(=O)n1N=Cc1ccc(N(C)C)cc1OCc1ccc(Br)cc1Br. The molecule has 0 N–H and O–H groups in total. The Morgan fingerprint density at radius 2 is 1.78 bits per heavy atom. The Labute approximate surface area is 241 Å². The van der Waals surface area contributed by atoms with Crippen molar-refractivity contribution in [3.05, 3.63) is 95.3 Å². The van der Waals surface area contributed by atoms with E-state index in [4.69, 9.17) is 9.72 Å². The van der Waals surface area contributed by atoms with Crippen molar-refractivity contribution in [3.8, 4) is 5.75 Å². The molecule has 192 valence electrons. The summed E-state index contributed by atoms with van der Waals surface area (Å²) in [5, 5.41) is 5.15. The van der Waals surface area contributed by atoms with Crippen LogP contribution in [0.15, 0.2) is 77.9 Å². The number of hydrogen-bond donors (Lipinski definition) is 0. The first-order valence-electron chi connectivity index (χ1n) is 11.8. The van der Waals surface area contributed by atoms with Crippen LogP contribution in [0.2, 0.25) is 0 Å². The quantitative estimate of drug-likeness (QED) is 0.178. The summed E-state index contributed by atoms with van der Waals surface area (Å²) >= 11 is 10.6. The second-order valence-electron chi connectivity index (χ2n) is 8.94. The lowest BCUT2D eigenvalue weighted by atomic mass is 10.1. The van der Waals surface area contributed by atoms with Gasteiger partial charge in [-0.15, -0.1) is 0 Å². The van der Waals surface area contributed by atoms with E-state index in [1.807, 2.05) is 67.5 Å². The standard InChI is InChI=1S/C28H27Br3N4O2/c1-5-17(2)27-33-25-11-9-20(29)12-23(25)28(36)35(27)32-15-18-7-10-22(34(3)4)14-26(18)37-16-19-6-8-21(30)13-24(19)31/h6-15,17H,5,16H2,1-4H3/t17-/m0/s1. The van der Waals surface area contributed by atoms with Crippen molar-refractivity contribution in [2.24, 2.45) is 5.10 Å². The first kappa shape index (κ1) is 27.5. The van der Waals surface area contributed by atoms with Crippen molar-refractivity contribution in [3.63, 3.8) is 0 Å². The molecular weight excluding hydrogens is 664 g/mol. The van der Waals surface area contributed by atoms with Gasteiger partial charge in [-0.25, -0.2) is 4.98 Å². The fraction of sp³-hybridized carbons (Fsp3) is 0.250. The minimum Gasteiger partial charge on any atom is -0.488 e. The van der Waals surface area contributed by atoms with Crippen molar-refractivity contribution in [1.82, 2.24) is 9.66 Å². The molecule has 4 aromatic rings. The molecule has 0 aliphatic rings. The van der Waals surface area contributed by atoms with Crippen LogP contribution in [-0.2, 0) is 6.61 Å². The summed E-state index contributed by atoms with van der Waals surface area (Å²) in [6, 6.07) is 17.4. The van der Waals surface area contributed by atoms with Crippen LogP contribution in [0.3, 0.4) is 0 Å². The summed E-state index contributed by atoms with van der Waals surface area (Å²) in [6.07, 6.45) is 2.50. The first-order chi connectivity index (χ1) is 17.7. The van der Waals surface area contributed by atoms with Crippen LogP contribution in [0, 0.1) is 0 Å². The van der Waals surface area contributed by atoms with Crippen molar-refractivity contribution < 1.29 is 4.74 Å². The molecule has 0 saturated heterocycles. The lowest BCUT2D eigenvalue weighted by molar-refractivity contribution is 0.305. The third-order valence-electron chi connectivity index (χ3n) is 6.11. The van der Waals surface area contributed by atoms with E-state index in [0.717, 1.165) is 36.7 Å². The maximum absolute atomic E-state index is 13.5. The Bertz CT molecular complexity index is 1530. The van der Waals surface area contributed by atoms with Crippen molar-refractivity contribution >= 4 is 70.6 Å². The van der Waals surface area contributed by atoms with E-state index in [1.54, 1.807) is 12.3 Å². The molecule has 0 spiro atoms. The highest BCUT2D eigenvalue weighted by Crippen LogP contribution is 2.28. The van der Waals surface area contributed by atoms with E-state index >= 15 is 0 Å². The van der Waals surface area contributed by atoms with Gasteiger partial charge in [0.2, 0.25) is 0 Å². The maximum Gasteiger partial charge on any atom is 0.282 e. The van der Waals surface area contributed by atoms with Crippen LogP contribution in [-0.4, -0.2) is 30.0 Å². The summed E-state index contributed by atoms with van der Waals surface area (Å²) in [6.45, 7) is 4.49. The normalized spacial score (nSPS) is 12.3. The Kier molecular flexibility index (Phi) is 8.87. The van der Waals surface area contributed by atoms with Crippen LogP contribution in [0.25, 0.3) is 10.9 Å². The maximum atomic E-state index is 13.5. The topological polar surface area (TPSA) is 59.7 Å². The van der Waals surface area contributed by atoms with Gasteiger partial charge in [-0.2, -0.15) is 9.78 Å². The number of rotatable bonds is 8. The van der Waals surface area contributed by atoms with Gasteiger partial charge < -0.3 is 9.64 Å².